The van der Waals surface area contributed by atoms with E-state index < -0.39 is 0 Å². The van der Waals surface area contributed by atoms with E-state index in [2.05, 4.69) is 36.7 Å². The Balaban J connectivity index is 1.89. The summed E-state index contributed by atoms with van der Waals surface area (Å²) in [5.74, 6) is 1.76. The molecule has 2 heteroatoms. The third kappa shape index (κ3) is 2.24. The number of hydrogen-bond acceptors (Lipinski definition) is 1. The molecule has 2 rings (SSSR count). The summed E-state index contributed by atoms with van der Waals surface area (Å²) >= 11 is 0. The molecule has 0 atom stereocenters. The van der Waals surface area contributed by atoms with Crippen LogP contribution in [0.25, 0.3) is 0 Å². The molecule has 0 amide bonds. The Bertz CT molecular complexity index is 308. The molecule has 1 aliphatic carbocycles. The van der Waals surface area contributed by atoms with Gasteiger partial charge in [-0.3, -0.25) is 4.68 Å². The highest BCUT2D eigenvalue weighted by molar-refractivity contribution is 5.05. The van der Waals surface area contributed by atoms with E-state index in [0.29, 0.717) is 6.04 Å². The second-order valence-corrected chi connectivity index (χ2v) is 5.21. The van der Waals surface area contributed by atoms with Gasteiger partial charge in [-0.15, -0.1) is 0 Å². The maximum absolute atomic E-state index is 4.47. The van der Waals surface area contributed by atoms with Crippen LogP contribution in [0.3, 0.4) is 0 Å². The molecular weight excluding hydrogens is 184 g/mol. The van der Waals surface area contributed by atoms with Crippen LogP contribution in [-0.4, -0.2) is 9.78 Å². The number of aryl methyl sites for hydroxylation is 1. The zero-order chi connectivity index (χ0) is 10.8. The van der Waals surface area contributed by atoms with Crippen molar-refractivity contribution in [1.82, 2.24) is 9.78 Å². The van der Waals surface area contributed by atoms with E-state index in [1.54, 1.807) is 0 Å². The van der Waals surface area contributed by atoms with Gasteiger partial charge in [0.1, 0.15) is 0 Å². The topological polar surface area (TPSA) is 17.8 Å². The van der Waals surface area contributed by atoms with Gasteiger partial charge < -0.3 is 0 Å². The first-order valence-electron chi connectivity index (χ1n) is 6.23. The fraction of sp³-hybridized carbons (Fsp3) is 0.769. The molecule has 2 nitrogen and oxygen atoms in total. The Morgan fingerprint density at radius 1 is 1.47 bits per heavy atom. The fourth-order valence-electron chi connectivity index (χ4n) is 2.39. The predicted octanol–water partition coefficient (Wildman–Crippen LogP) is 3.44. The Labute approximate surface area is 92.7 Å². The van der Waals surface area contributed by atoms with Gasteiger partial charge in [0.15, 0.2) is 0 Å². The molecule has 0 aliphatic heterocycles. The van der Waals surface area contributed by atoms with Crippen LogP contribution in [0.2, 0.25) is 0 Å². The average molecular weight is 206 g/mol. The number of hydrogen-bond donors (Lipinski definition) is 0. The van der Waals surface area contributed by atoms with Crippen LogP contribution >= 0.6 is 0 Å². The highest BCUT2D eigenvalue weighted by Gasteiger charge is 2.32. The van der Waals surface area contributed by atoms with Crippen LogP contribution < -0.4 is 0 Å². The summed E-state index contributed by atoms with van der Waals surface area (Å²) in [5, 5.41) is 4.47. The smallest absolute Gasteiger partial charge is 0.0524 e. The Hall–Kier alpha value is -0.790. The molecule has 1 aliphatic rings. The van der Waals surface area contributed by atoms with Gasteiger partial charge >= 0.3 is 0 Å². The summed E-state index contributed by atoms with van der Waals surface area (Å²) < 4.78 is 2.18. The largest absolute Gasteiger partial charge is 0.269 e. The molecule has 0 aromatic carbocycles. The lowest BCUT2D eigenvalue weighted by molar-refractivity contribution is 0.137. The van der Waals surface area contributed by atoms with Crippen molar-refractivity contribution in [1.29, 1.82) is 0 Å². The first-order valence-corrected chi connectivity index (χ1v) is 6.23. The molecule has 84 valence electrons. The lowest BCUT2D eigenvalue weighted by Crippen LogP contribution is -2.30. The molecule has 0 N–H and O–H groups in total. The summed E-state index contributed by atoms with van der Waals surface area (Å²) in [5.41, 5.74) is 1.39. The zero-order valence-electron chi connectivity index (χ0n) is 10.1. The van der Waals surface area contributed by atoms with Gasteiger partial charge in [-0.05, 0) is 36.7 Å². The van der Waals surface area contributed by atoms with Crippen molar-refractivity contribution in [3.05, 3.63) is 18.0 Å². The monoisotopic (exact) mass is 206 g/mol. The first-order chi connectivity index (χ1) is 7.20. The quantitative estimate of drug-likeness (QED) is 0.738. The van der Waals surface area contributed by atoms with E-state index in [1.165, 1.54) is 31.2 Å². The Morgan fingerprint density at radius 2 is 2.20 bits per heavy atom. The van der Waals surface area contributed by atoms with Crippen molar-refractivity contribution in [3.8, 4) is 0 Å². The molecule has 1 fully saturated rings. The van der Waals surface area contributed by atoms with Crippen molar-refractivity contribution >= 4 is 0 Å². The normalized spacial score (nSPS) is 25.6. The lowest BCUT2D eigenvalue weighted by atomic mass is 9.74. The van der Waals surface area contributed by atoms with Gasteiger partial charge in [0.25, 0.3) is 0 Å². The summed E-state index contributed by atoms with van der Waals surface area (Å²) in [4.78, 5) is 0. The lowest BCUT2D eigenvalue weighted by Gasteiger charge is -2.38. The number of aromatic nitrogens is 2. The Kier molecular flexibility index (Phi) is 3.13. The van der Waals surface area contributed by atoms with Crippen LogP contribution in [0, 0.1) is 11.8 Å². The second-order valence-electron chi connectivity index (χ2n) is 5.21. The van der Waals surface area contributed by atoms with Crippen LogP contribution in [-0.2, 0) is 6.42 Å². The number of nitrogens with zero attached hydrogens (tertiary/aromatic N) is 2. The molecule has 0 spiro atoms. The third-order valence-electron chi connectivity index (χ3n) is 3.66. The van der Waals surface area contributed by atoms with E-state index in [9.17, 15) is 0 Å². The van der Waals surface area contributed by atoms with E-state index in [-0.39, 0.29) is 0 Å². The van der Waals surface area contributed by atoms with Gasteiger partial charge in [-0.1, -0.05) is 27.2 Å². The van der Waals surface area contributed by atoms with E-state index in [4.69, 9.17) is 0 Å². The molecule has 0 saturated heterocycles. The standard InChI is InChI=1S/C13H22N2/c1-4-5-11-8-14-15(9-11)13-6-12(7-13)10(2)3/h8-10,12-13H,4-7H2,1-3H3. The van der Waals surface area contributed by atoms with E-state index in [0.717, 1.165) is 11.8 Å². The predicted molar refractivity (Wildman–Crippen MR) is 62.8 cm³/mol. The minimum absolute atomic E-state index is 0.683. The summed E-state index contributed by atoms with van der Waals surface area (Å²) in [7, 11) is 0. The van der Waals surface area contributed by atoms with Gasteiger partial charge in [0.2, 0.25) is 0 Å². The highest BCUT2D eigenvalue weighted by Crippen LogP contribution is 2.41. The molecular formula is C13H22N2. The fourth-order valence-corrected chi connectivity index (χ4v) is 2.39. The molecule has 1 aromatic rings. The SMILES string of the molecule is CCCc1cnn(C2CC(C(C)C)C2)c1. The second kappa shape index (κ2) is 4.38. The molecule has 0 unspecified atom stereocenters. The average Bonchev–Trinajstić information content (AvgIpc) is 2.50. The minimum atomic E-state index is 0.683. The van der Waals surface area contributed by atoms with Crippen molar-refractivity contribution in [2.75, 3.05) is 0 Å². The first kappa shape index (κ1) is 10.7. The summed E-state index contributed by atoms with van der Waals surface area (Å²) in [6.07, 6.45) is 9.30. The molecule has 0 bridgehead atoms. The molecule has 1 saturated carbocycles. The van der Waals surface area contributed by atoms with Crippen molar-refractivity contribution in [2.24, 2.45) is 11.8 Å². The zero-order valence-corrected chi connectivity index (χ0v) is 10.1. The molecule has 0 radical (unpaired) electrons. The van der Waals surface area contributed by atoms with Crippen molar-refractivity contribution < 1.29 is 0 Å². The van der Waals surface area contributed by atoms with E-state index >= 15 is 0 Å². The molecule has 15 heavy (non-hydrogen) atoms. The maximum Gasteiger partial charge on any atom is 0.0524 e. The van der Waals surface area contributed by atoms with Gasteiger partial charge in [-0.25, -0.2) is 0 Å². The highest BCUT2D eigenvalue weighted by atomic mass is 15.3. The van der Waals surface area contributed by atoms with Gasteiger partial charge in [0, 0.05) is 6.20 Å². The number of rotatable bonds is 4. The van der Waals surface area contributed by atoms with Gasteiger partial charge in [-0.2, -0.15) is 5.10 Å². The van der Waals surface area contributed by atoms with Gasteiger partial charge in [0.05, 0.1) is 12.2 Å². The maximum atomic E-state index is 4.47. The third-order valence-corrected chi connectivity index (χ3v) is 3.66. The Morgan fingerprint density at radius 3 is 2.80 bits per heavy atom. The van der Waals surface area contributed by atoms with Crippen LogP contribution in [0.15, 0.2) is 12.4 Å². The van der Waals surface area contributed by atoms with E-state index in [1.807, 2.05) is 6.20 Å². The minimum Gasteiger partial charge on any atom is -0.269 e. The molecule has 1 aromatic heterocycles. The van der Waals surface area contributed by atoms with Crippen LogP contribution in [0.5, 0.6) is 0 Å². The van der Waals surface area contributed by atoms with Crippen molar-refractivity contribution in [2.45, 2.75) is 52.5 Å². The summed E-state index contributed by atoms with van der Waals surface area (Å²) in [6, 6.07) is 0.683. The van der Waals surface area contributed by atoms with Crippen LogP contribution in [0.4, 0.5) is 0 Å². The van der Waals surface area contributed by atoms with Crippen LogP contribution in [0.1, 0.15) is 51.6 Å². The molecule has 1 heterocycles. The summed E-state index contributed by atoms with van der Waals surface area (Å²) in [6.45, 7) is 6.87. The van der Waals surface area contributed by atoms with Crippen molar-refractivity contribution in [3.63, 3.8) is 0 Å².